The van der Waals surface area contributed by atoms with Crippen molar-refractivity contribution in [2.24, 2.45) is 0 Å². The average Bonchev–Trinajstić information content (AvgIpc) is 2.48. The van der Waals surface area contributed by atoms with Crippen LogP contribution < -0.4 is 15.8 Å². The highest BCUT2D eigenvalue weighted by molar-refractivity contribution is 7.89. The Morgan fingerprint density at radius 2 is 1.64 bits per heavy atom. The first-order chi connectivity index (χ1) is 11.5. The van der Waals surface area contributed by atoms with Crippen LogP contribution in [0.15, 0.2) is 47.4 Å². The van der Waals surface area contributed by atoms with Gasteiger partial charge in [-0.15, -0.1) is 0 Å². The summed E-state index contributed by atoms with van der Waals surface area (Å²) >= 11 is 0. The number of carbonyl (C=O) groups is 1. The van der Waals surface area contributed by atoms with Crippen LogP contribution in [0.2, 0.25) is 0 Å². The molecule has 0 aromatic heterocycles. The molecule has 2 aromatic carbocycles. The Morgan fingerprint density at radius 3 is 2.20 bits per heavy atom. The van der Waals surface area contributed by atoms with Crippen LogP contribution in [0.5, 0.6) is 0 Å². The molecule has 0 fully saturated rings. The van der Waals surface area contributed by atoms with Gasteiger partial charge in [-0.3, -0.25) is 4.79 Å². The number of amides is 1. The summed E-state index contributed by atoms with van der Waals surface area (Å²) in [7, 11) is -3.63. The van der Waals surface area contributed by atoms with Crippen molar-refractivity contribution >= 4 is 27.3 Å². The summed E-state index contributed by atoms with van der Waals surface area (Å²) in [5, 5.41) is 2.78. The van der Waals surface area contributed by atoms with Crippen molar-refractivity contribution in [3.63, 3.8) is 0 Å². The van der Waals surface area contributed by atoms with E-state index in [1.807, 2.05) is 13.0 Å². The average molecular weight is 361 g/mol. The normalized spacial score (nSPS) is 12.0. The van der Waals surface area contributed by atoms with Gasteiger partial charge in [0.05, 0.1) is 4.90 Å². The van der Waals surface area contributed by atoms with Gasteiger partial charge in [-0.2, -0.15) is 0 Å². The second-order valence-corrected chi connectivity index (χ2v) is 8.59. The Hall–Kier alpha value is -2.38. The molecule has 6 nitrogen and oxygen atoms in total. The standard InChI is InChI=1S/C18H23N3O3S/c1-12-5-8-14(19)11-16(12)20-17(22)13-6-9-15(10-7-13)25(23,24)21-18(2,3)4/h5-11,21H,19H2,1-4H3,(H,20,22). The molecule has 0 aliphatic rings. The molecular weight excluding hydrogens is 338 g/mol. The summed E-state index contributed by atoms with van der Waals surface area (Å²) < 4.78 is 27.1. The second kappa shape index (κ2) is 6.85. The molecule has 0 aliphatic carbocycles. The molecule has 0 saturated carbocycles. The number of benzene rings is 2. The number of nitrogen functional groups attached to an aromatic ring is 1. The third-order valence-electron chi connectivity index (χ3n) is 3.38. The Labute approximate surface area is 148 Å². The van der Waals surface area contributed by atoms with Crippen LogP contribution in [0.3, 0.4) is 0 Å². The smallest absolute Gasteiger partial charge is 0.255 e. The van der Waals surface area contributed by atoms with Gasteiger partial charge in [-0.25, -0.2) is 13.1 Å². The first-order valence-electron chi connectivity index (χ1n) is 7.79. The number of nitrogens with one attached hydrogen (secondary N) is 2. The molecule has 2 aromatic rings. The predicted octanol–water partition coefficient (Wildman–Crippen LogP) is 2.91. The number of rotatable bonds is 4. The van der Waals surface area contributed by atoms with Gasteiger partial charge < -0.3 is 11.1 Å². The van der Waals surface area contributed by atoms with E-state index in [1.54, 1.807) is 32.9 Å². The zero-order valence-electron chi connectivity index (χ0n) is 14.8. The number of aryl methyl sites for hydroxylation is 1. The maximum absolute atomic E-state index is 12.4. The van der Waals surface area contributed by atoms with Crippen molar-refractivity contribution in [2.45, 2.75) is 38.1 Å². The third-order valence-corrected chi connectivity index (χ3v) is 5.15. The lowest BCUT2D eigenvalue weighted by Crippen LogP contribution is -2.40. The molecule has 0 unspecified atom stereocenters. The molecule has 0 aliphatic heterocycles. The van der Waals surface area contributed by atoms with E-state index in [9.17, 15) is 13.2 Å². The number of hydrogen-bond acceptors (Lipinski definition) is 4. The molecule has 134 valence electrons. The zero-order valence-corrected chi connectivity index (χ0v) is 15.6. The van der Waals surface area contributed by atoms with Gasteiger partial charge in [0.15, 0.2) is 0 Å². The Morgan fingerprint density at radius 1 is 1.04 bits per heavy atom. The van der Waals surface area contributed by atoms with Crippen molar-refractivity contribution in [2.75, 3.05) is 11.1 Å². The van der Waals surface area contributed by atoms with Crippen LogP contribution >= 0.6 is 0 Å². The topological polar surface area (TPSA) is 101 Å². The summed E-state index contributed by atoms with van der Waals surface area (Å²) in [5.41, 5.74) is 7.57. The first kappa shape index (κ1) is 19.0. The van der Waals surface area contributed by atoms with Gasteiger partial charge in [0, 0.05) is 22.5 Å². The van der Waals surface area contributed by atoms with Crippen molar-refractivity contribution in [1.82, 2.24) is 4.72 Å². The lowest BCUT2D eigenvalue weighted by Gasteiger charge is -2.20. The molecule has 0 bridgehead atoms. The van der Waals surface area contributed by atoms with Crippen molar-refractivity contribution in [3.8, 4) is 0 Å². The highest BCUT2D eigenvalue weighted by Crippen LogP contribution is 2.20. The molecule has 0 heterocycles. The van der Waals surface area contributed by atoms with Gasteiger partial charge in [-0.1, -0.05) is 6.07 Å². The maximum Gasteiger partial charge on any atom is 0.255 e. The molecule has 4 N–H and O–H groups in total. The summed E-state index contributed by atoms with van der Waals surface area (Å²) in [6, 6.07) is 11.0. The zero-order chi connectivity index (χ0) is 18.8. The van der Waals surface area contributed by atoms with Crippen LogP contribution in [0, 0.1) is 6.92 Å². The van der Waals surface area contributed by atoms with Crippen LogP contribution in [0.4, 0.5) is 11.4 Å². The van der Waals surface area contributed by atoms with E-state index in [1.165, 1.54) is 24.3 Å². The van der Waals surface area contributed by atoms with Gasteiger partial charge in [0.25, 0.3) is 5.91 Å². The van der Waals surface area contributed by atoms with Gasteiger partial charge >= 0.3 is 0 Å². The SMILES string of the molecule is Cc1ccc(N)cc1NC(=O)c1ccc(S(=O)(=O)NC(C)(C)C)cc1. The maximum atomic E-state index is 12.4. The number of nitrogens with two attached hydrogens (primary N) is 1. The van der Waals surface area contributed by atoms with Crippen LogP contribution in [-0.2, 0) is 10.0 Å². The van der Waals surface area contributed by atoms with E-state index in [2.05, 4.69) is 10.0 Å². The van der Waals surface area contributed by atoms with Crippen molar-refractivity contribution in [1.29, 1.82) is 0 Å². The monoisotopic (exact) mass is 361 g/mol. The first-order valence-corrected chi connectivity index (χ1v) is 9.28. The largest absolute Gasteiger partial charge is 0.399 e. The fourth-order valence-electron chi connectivity index (χ4n) is 2.22. The number of carbonyl (C=O) groups excluding carboxylic acids is 1. The van der Waals surface area contributed by atoms with Gasteiger partial charge in [0.2, 0.25) is 10.0 Å². The van der Waals surface area contributed by atoms with E-state index in [0.717, 1.165) is 5.56 Å². The summed E-state index contributed by atoms with van der Waals surface area (Å²) in [6.45, 7) is 7.16. The second-order valence-electron chi connectivity index (χ2n) is 6.91. The summed E-state index contributed by atoms with van der Waals surface area (Å²) in [5.74, 6) is -0.332. The minimum Gasteiger partial charge on any atom is -0.399 e. The minimum atomic E-state index is -3.63. The molecule has 0 radical (unpaired) electrons. The number of anilines is 2. The fraction of sp³-hybridized carbons (Fsp3) is 0.278. The van der Waals surface area contributed by atoms with E-state index in [4.69, 9.17) is 5.73 Å². The minimum absolute atomic E-state index is 0.110. The van der Waals surface area contributed by atoms with Crippen molar-refractivity contribution in [3.05, 3.63) is 53.6 Å². The van der Waals surface area contributed by atoms with E-state index in [0.29, 0.717) is 16.9 Å². The highest BCUT2D eigenvalue weighted by atomic mass is 32.2. The number of sulfonamides is 1. The lowest BCUT2D eigenvalue weighted by molar-refractivity contribution is 0.102. The molecule has 0 atom stereocenters. The van der Waals surface area contributed by atoms with Crippen LogP contribution in [0.25, 0.3) is 0 Å². The van der Waals surface area contributed by atoms with E-state index in [-0.39, 0.29) is 10.8 Å². The van der Waals surface area contributed by atoms with Crippen LogP contribution in [-0.4, -0.2) is 19.9 Å². The Bertz CT molecular complexity index is 883. The molecular formula is C18H23N3O3S. The molecule has 25 heavy (non-hydrogen) atoms. The molecule has 2 rings (SSSR count). The van der Waals surface area contributed by atoms with E-state index >= 15 is 0 Å². The summed E-state index contributed by atoms with van der Waals surface area (Å²) in [6.07, 6.45) is 0. The van der Waals surface area contributed by atoms with E-state index < -0.39 is 15.6 Å². The summed E-state index contributed by atoms with van der Waals surface area (Å²) in [4.78, 5) is 12.5. The van der Waals surface area contributed by atoms with Crippen molar-refractivity contribution < 1.29 is 13.2 Å². The Kier molecular flexibility index (Phi) is 5.20. The molecule has 0 spiro atoms. The third kappa shape index (κ3) is 5.04. The molecule has 7 heteroatoms. The Balaban J connectivity index is 2.19. The van der Waals surface area contributed by atoms with Gasteiger partial charge in [-0.05, 0) is 69.7 Å². The fourth-order valence-corrected chi connectivity index (χ4v) is 3.63. The number of hydrogen-bond donors (Lipinski definition) is 3. The molecule has 0 saturated heterocycles. The van der Waals surface area contributed by atoms with Crippen LogP contribution in [0.1, 0.15) is 36.7 Å². The lowest BCUT2D eigenvalue weighted by atomic mass is 10.1. The van der Waals surface area contributed by atoms with Gasteiger partial charge in [0.1, 0.15) is 0 Å². The quantitative estimate of drug-likeness (QED) is 0.729. The highest BCUT2D eigenvalue weighted by Gasteiger charge is 2.22. The predicted molar refractivity (Wildman–Crippen MR) is 100 cm³/mol. The molecule has 1 amide bonds.